The first kappa shape index (κ1) is 14.3. The van der Waals surface area contributed by atoms with Gasteiger partial charge in [0.2, 0.25) is 0 Å². The van der Waals surface area contributed by atoms with Crippen molar-refractivity contribution in [3.05, 3.63) is 71.3 Å². The van der Waals surface area contributed by atoms with E-state index in [1.807, 2.05) is 30.3 Å². The summed E-state index contributed by atoms with van der Waals surface area (Å²) < 4.78 is 0. The van der Waals surface area contributed by atoms with Gasteiger partial charge in [-0.05, 0) is 23.1 Å². The van der Waals surface area contributed by atoms with E-state index < -0.39 is 0 Å². The van der Waals surface area contributed by atoms with Crippen molar-refractivity contribution in [1.82, 2.24) is 5.32 Å². The van der Waals surface area contributed by atoms with Crippen LogP contribution >= 0.6 is 0 Å². The molecule has 0 bridgehead atoms. The number of hydrogen-bond donors (Lipinski definition) is 1. The summed E-state index contributed by atoms with van der Waals surface area (Å²) in [7, 11) is 0. The smallest absolute Gasteiger partial charge is 0.0995 e. The Morgan fingerprint density at radius 2 is 1.65 bits per heavy atom. The highest BCUT2D eigenvalue weighted by atomic mass is 14.9. The summed E-state index contributed by atoms with van der Waals surface area (Å²) in [5.41, 5.74) is 3.09. The largest absolute Gasteiger partial charge is 0.306 e. The van der Waals surface area contributed by atoms with Crippen LogP contribution in [0.5, 0.6) is 0 Å². The predicted octanol–water partition coefficient (Wildman–Crippen LogP) is 4.05. The average molecular weight is 264 g/mol. The van der Waals surface area contributed by atoms with Crippen molar-refractivity contribution in [2.45, 2.75) is 26.4 Å². The lowest BCUT2D eigenvalue weighted by molar-refractivity contribution is 0.410. The Kier molecular flexibility index (Phi) is 4.92. The standard InChI is InChI=1S/C18H20N2/c1-14(2)18(15-8-4-3-5-9-15)20-13-17-11-7-6-10-16(17)12-19/h3-11,14,18,20H,13H2,1-2H3. The number of hydrogen-bond acceptors (Lipinski definition) is 2. The molecule has 0 saturated heterocycles. The number of rotatable bonds is 5. The van der Waals surface area contributed by atoms with Gasteiger partial charge in [-0.3, -0.25) is 0 Å². The molecule has 1 unspecified atom stereocenters. The molecule has 2 heteroatoms. The molecular weight excluding hydrogens is 244 g/mol. The lowest BCUT2D eigenvalue weighted by Gasteiger charge is -2.23. The van der Waals surface area contributed by atoms with Gasteiger partial charge in [-0.1, -0.05) is 62.4 Å². The molecule has 0 spiro atoms. The van der Waals surface area contributed by atoms with E-state index in [9.17, 15) is 0 Å². The van der Waals surface area contributed by atoms with Gasteiger partial charge in [0.25, 0.3) is 0 Å². The van der Waals surface area contributed by atoms with E-state index in [4.69, 9.17) is 5.26 Å². The van der Waals surface area contributed by atoms with Crippen LogP contribution in [0.2, 0.25) is 0 Å². The van der Waals surface area contributed by atoms with Crippen LogP contribution in [0.3, 0.4) is 0 Å². The zero-order valence-corrected chi connectivity index (χ0v) is 12.0. The minimum atomic E-state index is 0.294. The Morgan fingerprint density at radius 1 is 1.00 bits per heavy atom. The van der Waals surface area contributed by atoms with E-state index in [1.54, 1.807) is 0 Å². The van der Waals surface area contributed by atoms with Crippen molar-refractivity contribution < 1.29 is 0 Å². The quantitative estimate of drug-likeness (QED) is 0.884. The molecule has 2 rings (SSSR count). The van der Waals surface area contributed by atoms with Gasteiger partial charge in [0.15, 0.2) is 0 Å². The zero-order valence-electron chi connectivity index (χ0n) is 12.0. The van der Waals surface area contributed by atoms with Crippen LogP contribution in [0, 0.1) is 17.2 Å². The second-order valence-corrected chi connectivity index (χ2v) is 5.28. The number of nitriles is 1. The normalized spacial score (nSPS) is 12.1. The van der Waals surface area contributed by atoms with Crippen molar-refractivity contribution in [1.29, 1.82) is 5.26 Å². The fraction of sp³-hybridized carbons (Fsp3) is 0.278. The second kappa shape index (κ2) is 6.88. The minimum Gasteiger partial charge on any atom is -0.306 e. The topological polar surface area (TPSA) is 35.8 Å². The van der Waals surface area contributed by atoms with Crippen LogP contribution in [-0.4, -0.2) is 0 Å². The number of nitrogens with one attached hydrogen (secondary N) is 1. The highest BCUT2D eigenvalue weighted by molar-refractivity contribution is 5.37. The summed E-state index contributed by atoms with van der Waals surface area (Å²) in [5, 5.41) is 12.7. The van der Waals surface area contributed by atoms with Crippen LogP contribution in [0.15, 0.2) is 54.6 Å². The molecule has 20 heavy (non-hydrogen) atoms. The molecule has 0 amide bonds. The van der Waals surface area contributed by atoms with Crippen LogP contribution < -0.4 is 5.32 Å². The van der Waals surface area contributed by atoms with Crippen molar-refractivity contribution in [3.8, 4) is 6.07 Å². The molecule has 2 aromatic rings. The Bertz CT molecular complexity index is 582. The van der Waals surface area contributed by atoms with E-state index in [-0.39, 0.29) is 0 Å². The molecule has 0 aromatic heterocycles. The van der Waals surface area contributed by atoms with Gasteiger partial charge in [-0.2, -0.15) is 5.26 Å². The van der Waals surface area contributed by atoms with Gasteiger partial charge in [-0.15, -0.1) is 0 Å². The Hall–Kier alpha value is -2.11. The molecule has 0 fully saturated rings. The summed E-state index contributed by atoms with van der Waals surface area (Å²) in [4.78, 5) is 0. The molecule has 1 N–H and O–H groups in total. The first-order chi connectivity index (χ1) is 9.72. The van der Waals surface area contributed by atoms with E-state index in [0.29, 0.717) is 18.5 Å². The van der Waals surface area contributed by atoms with Crippen LogP contribution in [0.25, 0.3) is 0 Å². The van der Waals surface area contributed by atoms with Crippen LogP contribution in [0.1, 0.15) is 36.6 Å². The average Bonchev–Trinajstić information content (AvgIpc) is 2.48. The molecule has 2 nitrogen and oxygen atoms in total. The van der Waals surface area contributed by atoms with E-state index >= 15 is 0 Å². The third-order valence-corrected chi connectivity index (χ3v) is 3.48. The first-order valence-corrected chi connectivity index (χ1v) is 6.98. The highest BCUT2D eigenvalue weighted by Crippen LogP contribution is 2.22. The predicted molar refractivity (Wildman–Crippen MR) is 82.0 cm³/mol. The van der Waals surface area contributed by atoms with E-state index in [0.717, 1.165) is 11.1 Å². The van der Waals surface area contributed by atoms with Crippen LogP contribution in [-0.2, 0) is 6.54 Å². The summed E-state index contributed by atoms with van der Waals surface area (Å²) in [6, 6.07) is 20.8. The van der Waals surface area contributed by atoms with Crippen molar-refractivity contribution in [3.63, 3.8) is 0 Å². The van der Waals surface area contributed by atoms with Crippen LogP contribution in [0.4, 0.5) is 0 Å². The van der Waals surface area contributed by atoms with Gasteiger partial charge in [0.05, 0.1) is 11.6 Å². The molecule has 0 aliphatic carbocycles. The van der Waals surface area contributed by atoms with Gasteiger partial charge >= 0.3 is 0 Å². The van der Waals surface area contributed by atoms with Gasteiger partial charge < -0.3 is 5.32 Å². The molecule has 0 heterocycles. The Balaban J connectivity index is 2.13. The van der Waals surface area contributed by atoms with Crippen molar-refractivity contribution >= 4 is 0 Å². The zero-order chi connectivity index (χ0) is 14.4. The maximum absolute atomic E-state index is 9.13. The maximum atomic E-state index is 9.13. The number of benzene rings is 2. The molecular formula is C18H20N2. The van der Waals surface area contributed by atoms with Gasteiger partial charge in [0, 0.05) is 12.6 Å². The molecule has 102 valence electrons. The molecule has 0 aliphatic rings. The third-order valence-electron chi connectivity index (χ3n) is 3.48. The van der Waals surface area contributed by atoms with Gasteiger partial charge in [-0.25, -0.2) is 0 Å². The lowest BCUT2D eigenvalue weighted by Crippen LogP contribution is -2.25. The lowest BCUT2D eigenvalue weighted by atomic mass is 9.95. The summed E-state index contributed by atoms with van der Waals surface area (Å²) in [6.45, 7) is 5.13. The Labute approximate surface area is 121 Å². The second-order valence-electron chi connectivity index (χ2n) is 5.28. The summed E-state index contributed by atoms with van der Waals surface area (Å²) in [5.74, 6) is 0.492. The monoisotopic (exact) mass is 264 g/mol. The van der Waals surface area contributed by atoms with Gasteiger partial charge in [0.1, 0.15) is 0 Å². The fourth-order valence-electron chi connectivity index (χ4n) is 2.40. The van der Waals surface area contributed by atoms with Crippen molar-refractivity contribution in [2.24, 2.45) is 5.92 Å². The third kappa shape index (κ3) is 3.46. The molecule has 0 saturated carbocycles. The van der Waals surface area contributed by atoms with E-state index in [2.05, 4.69) is 49.5 Å². The van der Waals surface area contributed by atoms with E-state index in [1.165, 1.54) is 5.56 Å². The minimum absolute atomic E-state index is 0.294. The SMILES string of the molecule is CC(C)C(NCc1ccccc1C#N)c1ccccc1. The summed E-state index contributed by atoms with van der Waals surface area (Å²) in [6.07, 6.45) is 0. The molecule has 0 radical (unpaired) electrons. The summed E-state index contributed by atoms with van der Waals surface area (Å²) >= 11 is 0. The molecule has 2 aromatic carbocycles. The Morgan fingerprint density at radius 3 is 2.30 bits per heavy atom. The molecule has 1 atom stereocenters. The fourth-order valence-corrected chi connectivity index (χ4v) is 2.40. The number of nitrogens with zero attached hydrogens (tertiary/aromatic N) is 1. The van der Waals surface area contributed by atoms with Crippen molar-refractivity contribution in [2.75, 3.05) is 0 Å². The molecule has 0 aliphatic heterocycles. The maximum Gasteiger partial charge on any atom is 0.0995 e. The first-order valence-electron chi connectivity index (χ1n) is 6.98. The highest BCUT2D eigenvalue weighted by Gasteiger charge is 2.15.